The lowest BCUT2D eigenvalue weighted by Crippen LogP contribution is -2.54. The number of carbonyl (C=O) groups is 1. The fraction of sp³-hybridized carbons (Fsp3) is 0.667. The Morgan fingerprint density at radius 1 is 1.10 bits per heavy atom. The molecule has 1 radical (unpaired) electrons. The Bertz CT molecular complexity index is 412. The number of alkyl halides is 7. The fourth-order valence-electron chi connectivity index (χ4n) is 1.43. The topological polar surface area (TPSA) is 43.1 Å². The summed E-state index contributed by atoms with van der Waals surface area (Å²) >= 11 is 0. The third kappa shape index (κ3) is 4.34. The van der Waals surface area contributed by atoms with Gasteiger partial charge in [-0.1, -0.05) is 20.8 Å². The first kappa shape index (κ1) is 19.7. The summed E-state index contributed by atoms with van der Waals surface area (Å²) in [6, 6.07) is 0. The van der Waals surface area contributed by atoms with Gasteiger partial charge in [0.15, 0.2) is 5.78 Å². The van der Waals surface area contributed by atoms with Gasteiger partial charge in [0.2, 0.25) is 0 Å². The highest BCUT2D eigenvalue weighted by Crippen LogP contribution is 2.48. The Morgan fingerprint density at radius 2 is 1.52 bits per heavy atom. The Morgan fingerprint density at radius 3 is 1.86 bits per heavy atom. The molecule has 123 valence electrons. The third-order valence-electron chi connectivity index (χ3n) is 2.53. The normalized spacial score (nSPS) is 15.0. The number of hydrogen-bond acceptors (Lipinski definition) is 2. The maximum absolute atomic E-state index is 13.2. The van der Waals surface area contributed by atoms with E-state index in [1.165, 1.54) is 6.92 Å². The van der Waals surface area contributed by atoms with Crippen LogP contribution in [-0.2, 0) is 4.79 Å². The molecule has 2 nitrogen and oxygen atoms in total. The van der Waals surface area contributed by atoms with Crippen LogP contribution in [0.1, 0.15) is 27.2 Å². The van der Waals surface area contributed by atoms with Crippen LogP contribution >= 0.6 is 0 Å². The lowest BCUT2D eigenvalue weighted by Gasteiger charge is -2.28. The molecule has 0 aromatic rings. The number of hydrogen-bond donors (Lipinski definition) is 1. The van der Waals surface area contributed by atoms with E-state index in [0.717, 1.165) is 0 Å². The largest absolute Gasteiger partial charge is 0.460 e. The molecule has 21 heavy (non-hydrogen) atoms. The van der Waals surface area contributed by atoms with Crippen LogP contribution in [0.2, 0.25) is 0 Å². The molecule has 0 heterocycles. The molecular weight excluding hydrogens is 307 g/mol. The van der Waals surface area contributed by atoms with E-state index in [1.807, 2.05) is 0 Å². The second kappa shape index (κ2) is 6.23. The number of nitrogens with two attached hydrogens (primary N) is 1. The van der Waals surface area contributed by atoms with E-state index in [2.05, 4.69) is 5.73 Å². The summed E-state index contributed by atoms with van der Waals surface area (Å²) in [5.41, 5.74) is 2.47. The zero-order valence-corrected chi connectivity index (χ0v) is 11.5. The minimum Gasteiger partial charge on any atom is -0.397 e. The molecule has 0 bridgehead atoms. The van der Waals surface area contributed by atoms with E-state index in [0.29, 0.717) is 0 Å². The molecule has 0 saturated heterocycles. The van der Waals surface area contributed by atoms with Gasteiger partial charge < -0.3 is 5.73 Å². The Kier molecular flexibility index (Phi) is 5.85. The molecule has 2 N–H and O–H groups in total. The van der Waals surface area contributed by atoms with E-state index < -0.39 is 29.5 Å². The van der Waals surface area contributed by atoms with E-state index in [1.54, 1.807) is 13.8 Å². The summed E-state index contributed by atoms with van der Waals surface area (Å²) in [7, 11) is 0. The molecule has 0 aliphatic heterocycles. The van der Waals surface area contributed by atoms with Crippen LogP contribution in [0.3, 0.4) is 0 Å². The highest BCUT2D eigenvalue weighted by atomic mass is 19.4. The predicted octanol–water partition coefficient (Wildman–Crippen LogP) is 3.87. The Balaban J connectivity index is 5.36. The van der Waals surface area contributed by atoms with Crippen molar-refractivity contribution < 1.29 is 35.5 Å². The molecule has 0 spiro atoms. The summed E-state index contributed by atoms with van der Waals surface area (Å²) < 4.78 is 87.6. The van der Waals surface area contributed by atoms with Crippen molar-refractivity contribution in [1.29, 1.82) is 0 Å². The summed E-state index contributed by atoms with van der Waals surface area (Å²) in [6.07, 6.45) is -6.41. The average molecular weight is 322 g/mol. The number of rotatable bonds is 6. The van der Waals surface area contributed by atoms with Crippen molar-refractivity contribution in [3.8, 4) is 0 Å². The van der Waals surface area contributed by atoms with Crippen molar-refractivity contribution in [2.75, 3.05) is 0 Å². The molecule has 0 atom stereocenters. The number of carbonyl (C=O) groups excluding carboxylic acids is 1. The monoisotopic (exact) mass is 322 g/mol. The van der Waals surface area contributed by atoms with Crippen LogP contribution in [0, 0.1) is 11.8 Å². The highest BCUT2D eigenvalue weighted by molar-refractivity contribution is 6.01. The van der Waals surface area contributed by atoms with Gasteiger partial charge in [-0.3, -0.25) is 4.79 Å². The van der Waals surface area contributed by atoms with Gasteiger partial charge >= 0.3 is 18.0 Å². The van der Waals surface area contributed by atoms with Crippen molar-refractivity contribution in [3.05, 3.63) is 17.7 Å². The summed E-state index contributed by atoms with van der Waals surface area (Å²) in [6.45, 7) is 4.67. The summed E-state index contributed by atoms with van der Waals surface area (Å²) in [4.78, 5) is 11.5. The van der Waals surface area contributed by atoms with Crippen molar-refractivity contribution in [2.45, 2.75) is 45.2 Å². The summed E-state index contributed by atoms with van der Waals surface area (Å²) in [5, 5.41) is 0. The van der Waals surface area contributed by atoms with Crippen molar-refractivity contribution >= 4 is 5.78 Å². The van der Waals surface area contributed by atoms with Crippen LogP contribution in [0.25, 0.3) is 0 Å². The number of halogens is 7. The van der Waals surface area contributed by atoms with Gasteiger partial charge in [0.25, 0.3) is 0 Å². The van der Waals surface area contributed by atoms with E-state index in [4.69, 9.17) is 0 Å². The molecule has 0 rings (SSSR count). The molecule has 0 aromatic carbocycles. The van der Waals surface area contributed by atoms with Gasteiger partial charge in [-0.2, -0.15) is 30.7 Å². The molecule has 0 fully saturated rings. The first-order chi connectivity index (χ1) is 9.14. The number of ketones is 1. The van der Waals surface area contributed by atoms with Gasteiger partial charge in [0.1, 0.15) is 0 Å². The van der Waals surface area contributed by atoms with Crippen LogP contribution < -0.4 is 5.73 Å². The van der Waals surface area contributed by atoms with Crippen LogP contribution in [0.15, 0.2) is 11.8 Å². The number of allylic oxidation sites excluding steroid dienone is 2. The minimum atomic E-state index is -6.49. The zero-order chi connectivity index (χ0) is 17.2. The maximum atomic E-state index is 13.2. The van der Waals surface area contributed by atoms with Gasteiger partial charge in [-0.05, 0) is 12.3 Å². The van der Waals surface area contributed by atoms with Gasteiger partial charge in [0, 0.05) is 12.0 Å². The van der Waals surface area contributed by atoms with Crippen LogP contribution in [0.5, 0.6) is 0 Å². The molecular formula is C12H15F7NO. The minimum absolute atomic E-state index is 0.0269. The van der Waals surface area contributed by atoms with Gasteiger partial charge in [0.05, 0.1) is 5.70 Å². The second-order valence-corrected chi connectivity index (χ2v) is 4.99. The Labute approximate surface area is 117 Å². The molecule has 0 amide bonds. The van der Waals surface area contributed by atoms with Gasteiger partial charge in [-0.15, -0.1) is 0 Å². The van der Waals surface area contributed by atoms with Crippen molar-refractivity contribution in [2.24, 2.45) is 11.7 Å². The second-order valence-electron chi connectivity index (χ2n) is 4.99. The predicted molar refractivity (Wildman–Crippen MR) is 61.6 cm³/mol. The molecule has 0 saturated carbocycles. The maximum Gasteiger partial charge on any atom is 0.460 e. The standard InChI is InChI=1S/C12H15F7NO/c1-6(2)4-7(3)8(21)5-9(20)10(13,14)11(15,16)12(17,18)19/h5-6H,4,20H2,1-3H3/b9-5-. The molecule has 0 aromatic heterocycles. The lowest BCUT2D eigenvalue weighted by atomic mass is 9.94. The molecule has 0 aliphatic carbocycles. The SMILES string of the molecule is C[C](CC(C)C)C(=O)/C=C(\N)C(F)(F)C(F)(F)C(F)(F)F. The molecule has 9 heteroatoms. The first-order valence-electron chi connectivity index (χ1n) is 5.81. The van der Waals surface area contributed by atoms with Crippen molar-refractivity contribution in [3.63, 3.8) is 0 Å². The van der Waals surface area contributed by atoms with Gasteiger partial charge in [-0.25, -0.2) is 0 Å². The molecule has 0 aliphatic rings. The van der Waals surface area contributed by atoms with Crippen molar-refractivity contribution in [1.82, 2.24) is 0 Å². The first-order valence-corrected chi connectivity index (χ1v) is 5.81. The summed E-state index contributed by atoms with van der Waals surface area (Å²) in [5.74, 6) is -13.2. The molecule has 0 unspecified atom stereocenters. The highest BCUT2D eigenvalue weighted by Gasteiger charge is 2.74. The van der Waals surface area contributed by atoms with Crippen LogP contribution in [-0.4, -0.2) is 23.8 Å². The van der Waals surface area contributed by atoms with E-state index >= 15 is 0 Å². The smallest absolute Gasteiger partial charge is 0.397 e. The average Bonchev–Trinajstić information content (AvgIpc) is 2.25. The zero-order valence-electron chi connectivity index (χ0n) is 11.5. The van der Waals surface area contributed by atoms with E-state index in [9.17, 15) is 35.5 Å². The third-order valence-corrected chi connectivity index (χ3v) is 2.53. The van der Waals surface area contributed by atoms with E-state index in [-0.39, 0.29) is 24.3 Å². The quantitative estimate of drug-likeness (QED) is 0.596. The van der Waals surface area contributed by atoms with Crippen LogP contribution in [0.4, 0.5) is 30.7 Å². The lowest BCUT2D eigenvalue weighted by molar-refractivity contribution is -0.344. The fourth-order valence-corrected chi connectivity index (χ4v) is 1.43. The Hall–Kier alpha value is -1.28.